The maximum atomic E-state index is 11.7. The van der Waals surface area contributed by atoms with Gasteiger partial charge in [-0.25, -0.2) is 4.68 Å². The van der Waals surface area contributed by atoms with Crippen molar-refractivity contribution in [2.45, 2.75) is 13.3 Å². The Kier molecular flexibility index (Phi) is 3.49. The van der Waals surface area contributed by atoms with Gasteiger partial charge in [0.15, 0.2) is 0 Å². The van der Waals surface area contributed by atoms with Crippen LogP contribution in [0.2, 0.25) is 0 Å². The summed E-state index contributed by atoms with van der Waals surface area (Å²) in [6, 6.07) is 5.36. The van der Waals surface area contributed by atoms with Crippen molar-refractivity contribution >= 4 is 5.91 Å². The van der Waals surface area contributed by atoms with Gasteiger partial charge < -0.3 is 5.32 Å². The van der Waals surface area contributed by atoms with E-state index in [0.29, 0.717) is 12.2 Å². The van der Waals surface area contributed by atoms with Gasteiger partial charge in [-0.2, -0.15) is 5.10 Å². The summed E-state index contributed by atoms with van der Waals surface area (Å²) in [5.41, 5.74) is 1.23. The van der Waals surface area contributed by atoms with Gasteiger partial charge in [0, 0.05) is 25.1 Å². The molecule has 88 valence electrons. The van der Waals surface area contributed by atoms with Crippen LogP contribution in [0.5, 0.6) is 0 Å². The largest absolute Gasteiger partial charge is 0.351 e. The van der Waals surface area contributed by atoms with Crippen LogP contribution in [0.25, 0.3) is 5.69 Å². The van der Waals surface area contributed by atoms with Crippen molar-refractivity contribution in [3.05, 3.63) is 42.5 Å². The summed E-state index contributed by atoms with van der Waals surface area (Å²) in [6.45, 7) is 2.67. The predicted octanol–water partition coefficient (Wildman–Crippen LogP) is 1.41. The van der Waals surface area contributed by atoms with Crippen LogP contribution in [-0.4, -0.2) is 27.2 Å². The van der Waals surface area contributed by atoms with Crippen molar-refractivity contribution in [3.8, 4) is 5.69 Å². The van der Waals surface area contributed by atoms with Gasteiger partial charge in [-0.15, -0.1) is 0 Å². The van der Waals surface area contributed by atoms with E-state index in [1.54, 1.807) is 23.1 Å². The Morgan fingerprint density at radius 1 is 1.47 bits per heavy atom. The molecule has 2 aromatic rings. The van der Waals surface area contributed by atoms with E-state index >= 15 is 0 Å². The summed E-state index contributed by atoms with van der Waals surface area (Å²) in [4.78, 5) is 15.8. The Balaban J connectivity index is 2.20. The lowest BCUT2D eigenvalue weighted by Crippen LogP contribution is -2.25. The molecule has 0 unspecified atom stereocenters. The number of nitrogens with one attached hydrogen (secondary N) is 1. The fourth-order valence-electron chi connectivity index (χ4n) is 1.44. The van der Waals surface area contributed by atoms with Crippen LogP contribution in [0.1, 0.15) is 23.8 Å². The molecule has 0 atom stereocenters. The quantitative estimate of drug-likeness (QED) is 0.863. The minimum atomic E-state index is -0.152. The molecular weight excluding hydrogens is 216 g/mol. The smallest absolute Gasteiger partial charge is 0.269 e. The van der Waals surface area contributed by atoms with Crippen molar-refractivity contribution in [3.63, 3.8) is 0 Å². The van der Waals surface area contributed by atoms with E-state index in [4.69, 9.17) is 0 Å². The van der Waals surface area contributed by atoms with E-state index in [1.807, 2.05) is 25.3 Å². The van der Waals surface area contributed by atoms with Crippen molar-refractivity contribution in [2.75, 3.05) is 6.54 Å². The average Bonchev–Trinajstić information content (AvgIpc) is 2.90. The van der Waals surface area contributed by atoms with E-state index in [1.165, 1.54) is 0 Å². The van der Waals surface area contributed by atoms with E-state index in [0.717, 1.165) is 12.1 Å². The number of aromatic nitrogens is 3. The first-order valence-electron chi connectivity index (χ1n) is 5.55. The lowest BCUT2D eigenvalue weighted by molar-refractivity contribution is 0.0948. The molecule has 0 bridgehead atoms. The highest BCUT2D eigenvalue weighted by Crippen LogP contribution is 2.06. The highest BCUT2D eigenvalue weighted by molar-refractivity contribution is 5.92. The fourth-order valence-corrected chi connectivity index (χ4v) is 1.44. The Morgan fingerprint density at radius 3 is 3.06 bits per heavy atom. The van der Waals surface area contributed by atoms with E-state index < -0.39 is 0 Å². The molecule has 0 saturated carbocycles. The molecule has 1 amide bonds. The summed E-state index contributed by atoms with van der Waals surface area (Å²) >= 11 is 0. The second kappa shape index (κ2) is 5.25. The average molecular weight is 230 g/mol. The number of pyridine rings is 1. The van der Waals surface area contributed by atoms with Crippen LogP contribution in [0.3, 0.4) is 0 Å². The highest BCUT2D eigenvalue weighted by atomic mass is 16.1. The summed E-state index contributed by atoms with van der Waals surface area (Å²) < 4.78 is 1.69. The van der Waals surface area contributed by atoms with Gasteiger partial charge in [0.05, 0.1) is 5.69 Å². The first kappa shape index (κ1) is 11.3. The molecule has 0 fully saturated rings. The molecule has 0 aromatic carbocycles. The fraction of sp³-hybridized carbons (Fsp3) is 0.250. The van der Waals surface area contributed by atoms with Gasteiger partial charge in [0.1, 0.15) is 5.69 Å². The zero-order chi connectivity index (χ0) is 12.1. The first-order chi connectivity index (χ1) is 8.31. The van der Waals surface area contributed by atoms with Gasteiger partial charge in [-0.1, -0.05) is 6.92 Å². The Labute approximate surface area is 99.5 Å². The van der Waals surface area contributed by atoms with Gasteiger partial charge in [-0.3, -0.25) is 9.78 Å². The van der Waals surface area contributed by atoms with Crippen LogP contribution in [0.15, 0.2) is 36.8 Å². The van der Waals surface area contributed by atoms with Crippen LogP contribution in [-0.2, 0) is 0 Å². The monoisotopic (exact) mass is 230 g/mol. The maximum Gasteiger partial charge on any atom is 0.269 e. The van der Waals surface area contributed by atoms with Crippen molar-refractivity contribution in [1.29, 1.82) is 0 Å². The third kappa shape index (κ3) is 2.69. The molecule has 2 rings (SSSR count). The lowest BCUT2D eigenvalue weighted by atomic mass is 10.3. The summed E-state index contributed by atoms with van der Waals surface area (Å²) in [6.07, 6.45) is 6.03. The zero-order valence-corrected chi connectivity index (χ0v) is 9.63. The number of carbonyl (C=O) groups excluding carboxylic acids is 1. The van der Waals surface area contributed by atoms with E-state index in [-0.39, 0.29) is 5.91 Å². The molecule has 0 spiro atoms. The number of carbonyl (C=O) groups is 1. The molecule has 1 N–H and O–H groups in total. The summed E-state index contributed by atoms with van der Waals surface area (Å²) in [7, 11) is 0. The van der Waals surface area contributed by atoms with Crippen molar-refractivity contribution in [1.82, 2.24) is 20.1 Å². The lowest BCUT2D eigenvalue weighted by Gasteiger charge is -2.05. The van der Waals surface area contributed by atoms with Gasteiger partial charge in [-0.05, 0) is 24.6 Å². The predicted molar refractivity (Wildman–Crippen MR) is 64.0 cm³/mol. The Bertz CT molecular complexity index is 493. The topological polar surface area (TPSA) is 59.8 Å². The molecule has 17 heavy (non-hydrogen) atoms. The zero-order valence-electron chi connectivity index (χ0n) is 9.63. The number of amides is 1. The van der Waals surface area contributed by atoms with E-state index in [9.17, 15) is 4.79 Å². The second-order valence-corrected chi connectivity index (χ2v) is 3.61. The molecule has 5 nitrogen and oxygen atoms in total. The van der Waals surface area contributed by atoms with Crippen molar-refractivity contribution in [2.24, 2.45) is 0 Å². The molecule has 5 heteroatoms. The standard InChI is InChI=1S/C12H14N4O/c1-2-5-14-12(17)11-9-10(4-7-13-11)16-8-3-6-15-16/h3-4,6-9H,2,5H2,1H3,(H,14,17). The van der Waals surface area contributed by atoms with E-state index in [2.05, 4.69) is 15.4 Å². The Hall–Kier alpha value is -2.17. The third-order valence-electron chi connectivity index (χ3n) is 2.28. The van der Waals surface area contributed by atoms with Crippen molar-refractivity contribution < 1.29 is 4.79 Å². The molecule has 0 aliphatic heterocycles. The van der Waals surface area contributed by atoms with Gasteiger partial charge in [0.2, 0.25) is 0 Å². The first-order valence-corrected chi connectivity index (χ1v) is 5.55. The summed E-state index contributed by atoms with van der Waals surface area (Å²) in [5.74, 6) is -0.152. The molecule has 0 aliphatic carbocycles. The minimum Gasteiger partial charge on any atom is -0.351 e. The normalized spacial score (nSPS) is 10.2. The number of nitrogens with zero attached hydrogens (tertiary/aromatic N) is 3. The second-order valence-electron chi connectivity index (χ2n) is 3.61. The molecular formula is C12H14N4O. The van der Waals surface area contributed by atoms with Gasteiger partial charge >= 0.3 is 0 Å². The molecule has 0 radical (unpaired) electrons. The number of rotatable bonds is 4. The minimum absolute atomic E-state index is 0.152. The summed E-state index contributed by atoms with van der Waals surface area (Å²) in [5, 5.41) is 6.90. The molecule has 2 heterocycles. The molecule has 0 aliphatic rings. The maximum absolute atomic E-state index is 11.7. The SMILES string of the molecule is CCCNC(=O)c1cc(-n2cccn2)ccn1. The van der Waals surface area contributed by atoms with Crippen LogP contribution in [0, 0.1) is 0 Å². The number of hydrogen-bond acceptors (Lipinski definition) is 3. The van der Waals surface area contributed by atoms with Gasteiger partial charge in [0.25, 0.3) is 5.91 Å². The molecule has 0 saturated heterocycles. The van der Waals surface area contributed by atoms with Crippen LogP contribution < -0.4 is 5.32 Å². The van der Waals surface area contributed by atoms with Crippen LogP contribution >= 0.6 is 0 Å². The van der Waals surface area contributed by atoms with Crippen LogP contribution in [0.4, 0.5) is 0 Å². The third-order valence-corrected chi connectivity index (χ3v) is 2.28. The molecule has 2 aromatic heterocycles. The Morgan fingerprint density at radius 2 is 2.35 bits per heavy atom. The highest BCUT2D eigenvalue weighted by Gasteiger charge is 2.07. The number of hydrogen-bond donors (Lipinski definition) is 1.